The average molecular weight is 86.1 g/mol. The molecule has 0 atom stereocenters. The van der Waals surface area contributed by atoms with Gasteiger partial charge in [0.1, 0.15) is 0 Å². The van der Waals surface area contributed by atoms with Gasteiger partial charge in [-0.15, -0.1) is 5.10 Å². The van der Waals surface area contributed by atoms with E-state index in [1.165, 1.54) is 4.80 Å². The predicted molar refractivity (Wildman–Crippen MR) is 22.0 cm³/mol. The van der Waals surface area contributed by atoms with E-state index in [0.29, 0.717) is 5.95 Å². The minimum atomic E-state index is 0.484. The molecule has 0 bridgehead atoms. The molecule has 0 radical (unpaired) electrons. The van der Waals surface area contributed by atoms with E-state index in [-0.39, 0.29) is 0 Å². The first-order chi connectivity index (χ1) is 2.79. The summed E-state index contributed by atoms with van der Waals surface area (Å²) in [7, 11) is 1.77. The van der Waals surface area contributed by atoms with E-state index in [4.69, 9.17) is 5.73 Å². The van der Waals surface area contributed by atoms with Crippen LogP contribution in [0.2, 0.25) is 0 Å². The van der Waals surface area contributed by atoms with Crippen LogP contribution >= 0.6 is 0 Å². The van der Waals surface area contributed by atoms with Gasteiger partial charge in [0.2, 0.25) is 5.95 Å². The normalized spacial score (nSPS) is 9.50. The summed E-state index contributed by atoms with van der Waals surface area (Å²) in [6.45, 7) is 0. The van der Waals surface area contributed by atoms with Crippen LogP contribution in [0.5, 0.6) is 0 Å². The number of aromatic amines is 1. The van der Waals surface area contributed by atoms with Crippen molar-refractivity contribution in [2.45, 2.75) is 0 Å². The van der Waals surface area contributed by atoms with E-state index < -0.39 is 0 Å². The molecule has 3 N–H and O–H groups in total. The summed E-state index contributed by atoms with van der Waals surface area (Å²) in [4.78, 5) is 1.54. The Kier molecular flexibility index (Phi) is 0.418. The van der Waals surface area contributed by atoms with E-state index >= 15 is 0 Å². The Labute approximate surface area is 34.9 Å². The van der Waals surface area contributed by atoms with E-state index in [1.807, 2.05) is 0 Å². The zero-order chi connectivity index (χ0) is 4.57. The zero-order valence-electron chi connectivity index (χ0n) is 3.47. The highest BCUT2D eigenvalue weighted by molar-refractivity contribution is 5.08. The van der Waals surface area contributed by atoms with Crippen LogP contribution in [-0.4, -0.2) is 15.0 Å². The second-order valence-corrected chi connectivity index (χ2v) is 1.12. The van der Waals surface area contributed by atoms with Crippen LogP contribution in [-0.2, 0) is 7.05 Å². The quantitative estimate of drug-likeness (QED) is 0.440. The fourth-order valence-electron chi connectivity index (χ4n) is 0.330. The Morgan fingerprint density at radius 2 is 2.50 bits per heavy atom. The van der Waals surface area contributed by atoms with Crippen molar-refractivity contribution in [3.63, 3.8) is 0 Å². The lowest BCUT2D eigenvalue weighted by molar-refractivity contribution is 0.560. The standard InChI is InChI=1S/C2H6N4/c1-6-4-2(3)5-6/h1H3,(H3,3,4,5). The molecule has 0 aliphatic rings. The van der Waals surface area contributed by atoms with Gasteiger partial charge in [0.05, 0.1) is 0 Å². The van der Waals surface area contributed by atoms with Crippen molar-refractivity contribution in [2.24, 2.45) is 7.05 Å². The minimum absolute atomic E-state index is 0.484. The van der Waals surface area contributed by atoms with Crippen molar-refractivity contribution in [3.8, 4) is 0 Å². The van der Waals surface area contributed by atoms with E-state index in [9.17, 15) is 0 Å². The van der Waals surface area contributed by atoms with Crippen molar-refractivity contribution in [3.05, 3.63) is 0 Å². The van der Waals surface area contributed by atoms with Crippen molar-refractivity contribution in [2.75, 3.05) is 5.73 Å². The summed E-state index contributed by atoms with van der Waals surface area (Å²) in [6, 6.07) is 0. The summed E-state index contributed by atoms with van der Waals surface area (Å²) in [5.74, 6) is 0.484. The van der Waals surface area contributed by atoms with Crippen molar-refractivity contribution >= 4 is 5.95 Å². The highest BCUT2D eigenvalue weighted by atomic mass is 15.5. The highest BCUT2D eigenvalue weighted by Gasteiger charge is 1.85. The van der Waals surface area contributed by atoms with Gasteiger partial charge in [-0.3, -0.25) is 5.10 Å². The first kappa shape index (κ1) is 3.27. The van der Waals surface area contributed by atoms with Gasteiger partial charge < -0.3 is 5.73 Å². The van der Waals surface area contributed by atoms with Gasteiger partial charge in [-0.05, 0) is 0 Å². The van der Waals surface area contributed by atoms with E-state index in [0.717, 1.165) is 0 Å². The number of H-pyrrole nitrogens is 1. The van der Waals surface area contributed by atoms with Crippen molar-refractivity contribution < 1.29 is 0 Å². The summed E-state index contributed by atoms with van der Waals surface area (Å²) < 4.78 is 0. The Bertz CT molecular complexity index is 103. The molecule has 0 saturated carbocycles. The molecule has 1 aromatic heterocycles. The van der Waals surface area contributed by atoms with Gasteiger partial charge in [-0.25, -0.2) is 4.80 Å². The number of hydrogen-bond donors (Lipinski definition) is 2. The van der Waals surface area contributed by atoms with Gasteiger partial charge in [-0.1, -0.05) is 0 Å². The van der Waals surface area contributed by atoms with Crippen LogP contribution in [0.3, 0.4) is 0 Å². The SMILES string of the molecule is Cn1nc(N)[nH]1. The number of nitrogens with two attached hydrogens (primary N) is 1. The second kappa shape index (κ2) is 0.767. The summed E-state index contributed by atoms with van der Waals surface area (Å²) >= 11 is 0. The second-order valence-electron chi connectivity index (χ2n) is 1.12. The molecular formula is C2H6N4. The van der Waals surface area contributed by atoms with Crippen LogP contribution in [0.1, 0.15) is 0 Å². The third kappa shape index (κ3) is 0.263. The lowest BCUT2D eigenvalue weighted by atomic mass is 11.1. The molecule has 0 saturated heterocycles. The fourth-order valence-corrected chi connectivity index (χ4v) is 0.330. The molecule has 0 aliphatic heterocycles. The van der Waals surface area contributed by atoms with Crippen LogP contribution in [0.15, 0.2) is 0 Å². The summed E-state index contributed by atoms with van der Waals surface area (Å²) in [6.07, 6.45) is 0. The molecule has 4 nitrogen and oxygen atoms in total. The number of hydrogen-bond acceptors (Lipinski definition) is 2. The molecule has 6 heavy (non-hydrogen) atoms. The molecule has 34 valence electrons. The third-order valence-corrected chi connectivity index (χ3v) is 0.534. The average Bonchev–Trinajstić information content (AvgIpc) is 1.33. The smallest absolute Gasteiger partial charge is 0.233 e. The maximum Gasteiger partial charge on any atom is 0.233 e. The van der Waals surface area contributed by atoms with Crippen LogP contribution in [0.4, 0.5) is 5.95 Å². The maximum absolute atomic E-state index is 5.07. The number of anilines is 1. The number of aromatic nitrogens is 3. The zero-order valence-corrected chi connectivity index (χ0v) is 3.47. The molecule has 1 rings (SSSR count). The Balaban J connectivity index is 2.77. The Hall–Kier alpha value is -0.930. The number of rotatable bonds is 0. The topological polar surface area (TPSA) is 59.6 Å². The molecule has 0 aliphatic carbocycles. The first-order valence-corrected chi connectivity index (χ1v) is 1.63. The molecule has 0 spiro atoms. The van der Waals surface area contributed by atoms with Gasteiger partial charge >= 0.3 is 0 Å². The van der Waals surface area contributed by atoms with Gasteiger partial charge in [0, 0.05) is 7.05 Å². The lowest BCUT2D eigenvalue weighted by Gasteiger charge is -2.01. The molecular weight excluding hydrogens is 80.1 g/mol. The fraction of sp³-hybridized carbons (Fsp3) is 0.500. The Morgan fingerprint density at radius 3 is 2.50 bits per heavy atom. The van der Waals surface area contributed by atoms with Crippen LogP contribution in [0, 0.1) is 0 Å². The van der Waals surface area contributed by atoms with Crippen LogP contribution < -0.4 is 5.73 Å². The monoisotopic (exact) mass is 86.1 g/mol. The largest absolute Gasteiger partial charge is 0.367 e. The molecule has 4 heteroatoms. The molecule has 0 amide bonds. The minimum Gasteiger partial charge on any atom is -0.367 e. The molecule has 1 heterocycles. The number of aryl methyl sites for hydroxylation is 1. The summed E-state index contributed by atoms with van der Waals surface area (Å²) in [5.41, 5.74) is 5.07. The van der Waals surface area contributed by atoms with E-state index in [2.05, 4.69) is 10.2 Å². The molecule has 0 fully saturated rings. The first-order valence-electron chi connectivity index (χ1n) is 1.63. The van der Waals surface area contributed by atoms with Crippen LogP contribution in [0.25, 0.3) is 0 Å². The van der Waals surface area contributed by atoms with Crippen molar-refractivity contribution in [1.29, 1.82) is 0 Å². The number of nitrogen functional groups attached to an aromatic ring is 1. The number of nitrogens with one attached hydrogen (secondary N) is 1. The lowest BCUT2D eigenvalue weighted by Crippen LogP contribution is -2.13. The summed E-state index contributed by atoms with van der Waals surface area (Å²) in [5, 5.41) is 6.31. The Morgan fingerprint density at radius 1 is 2.00 bits per heavy atom. The van der Waals surface area contributed by atoms with Crippen molar-refractivity contribution in [1.82, 2.24) is 15.0 Å². The van der Waals surface area contributed by atoms with Gasteiger partial charge in [0.25, 0.3) is 0 Å². The van der Waals surface area contributed by atoms with Gasteiger partial charge in [-0.2, -0.15) is 0 Å². The highest BCUT2D eigenvalue weighted by Crippen LogP contribution is 1.82. The van der Waals surface area contributed by atoms with Gasteiger partial charge in [0.15, 0.2) is 0 Å². The predicted octanol–water partition coefficient (Wildman–Crippen LogP) is -0.670. The van der Waals surface area contributed by atoms with E-state index in [1.54, 1.807) is 7.05 Å². The number of nitrogens with zero attached hydrogens (tertiary/aromatic N) is 2. The molecule has 1 aromatic rings. The molecule has 0 unspecified atom stereocenters. The maximum atomic E-state index is 5.07. The third-order valence-electron chi connectivity index (χ3n) is 0.534. The molecule has 0 aromatic carbocycles.